The van der Waals surface area contributed by atoms with E-state index < -0.39 is 5.91 Å². The number of nitrogen functional groups attached to an aromatic ring is 1. The number of benzene rings is 1. The van der Waals surface area contributed by atoms with Crippen molar-refractivity contribution in [3.05, 3.63) is 23.8 Å². The number of hydrogen-bond acceptors (Lipinski definition) is 4. The summed E-state index contributed by atoms with van der Waals surface area (Å²) in [5.41, 5.74) is 12.5. The van der Waals surface area contributed by atoms with Crippen molar-refractivity contribution in [2.75, 3.05) is 24.2 Å². The zero-order valence-electron chi connectivity index (χ0n) is 11.6. The van der Waals surface area contributed by atoms with E-state index in [-0.39, 0.29) is 11.9 Å². The summed E-state index contributed by atoms with van der Waals surface area (Å²) in [5.74, 6) is -0.569. The van der Waals surface area contributed by atoms with Gasteiger partial charge in [0.15, 0.2) is 0 Å². The second-order valence-electron chi connectivity index (χ2n) is 4.96. The van der Waals surface area contributed by atoms with Crippen molar-refractivity contribution in [1.29, 1.82) is 0 Å². The third-order valence-electron chi connectivity index (χ3n) is 3.69. The molecule has 5 N–H and O–H groups in total. The lowest BCUT2D eigenvalue weighted by Crippen LogP contribution is -2.48. The van der Waals surface area contributed by atoms with E-state index in [0.29, 0.717) is 11.3 Å². The number of nitrogens with two attached hydrogens (primary N) is 2. The lowest BCUT2D eigenvalue weighted by Gasteiger charge is -2.36. The van der Waals surface area contributed by atoms with Gasteiger partial charge in [-0.25, -0.2) is 0 Å². The SMILES string of the molecule is CNC(=O)C1CCCCN1c1ccc(N)c(C(N)=O)c1. The smallest absolute Gasteiger partial charge is 0.250 e. The van der Waals surface area contributed by atoms with E-state index in [2.05, 4.69) is 5.32 Å². The first kappa shape index (κ1) is 14.2. The Balaban J connectivity index is 2.35. The van der Waals surface area contributed by atoms with Gasteiger partial charge in [0.05, 0.1) is 5.56 Å². The van der Waals surface area contributed by atoms with E-state index in [1.54, 1.807) is 19.2 Å². The van der Waals surface area contributed by atoms with Gasteiger partial charge in [0.25, 0.3) is 5.91 Å². The average molecular weight is 276 g/mol. The normalized spacial score (nSPS) is 18.6. The third kappa shape index (κ3) is 2.68. The largest absolute Gasteiger partial charge is 0.398 e. The Morgan fingerprint density at radius 2 is 2.10 bits per heavy atom. The molecule has 2 rings (SSSR count). The van der Waals surface area contributed by atoms with Crippen molar-refractivity contribution < 1.29 is 9.59 Å². The predicted molar refractivity (Wildman–Crippen MR) is 78.4 cm³/mol. The predicted octanol–water partition coefficient (Wildman–Crippen LogP) is 0.473. The summed E-state index contributed by atoms with van der Waals surface area (Å²) in [7, 11) is 1.63. The van der Waals surface area contributed by atoms with Crippen LogP contribution in [0.1, 0.15) is 29.6 Å². The minimum Gasteiger partial charge on any atom is -0.398 e. The number of hydrogen-bond donors (Lipinski definition) is 3. The van der Waals surface area contributed by atoms with Crippen LogP contribution < -0.4 is 21.7 Å². The molecule has 1 aliphatic rings. The van der Waals surface area contributed by atoms with Crippen LogP contribution in [0.4, 0.5) is 11.4 Å². The highest BCUT2D eigenvalue weighted by Crippen LogP contribution is 2.27. The van der Waals surface area contributed by atoms with Crippen LogP contribution in [0.3, 0.4) is 0 Å². The molecule has 0 aliphatic carbocycles. The van der Waals surface area contributed by atoms with E-state index in [4.69, 9.17) is 11.5 Å². The summed E-state index contributed by atoms with van der Waals surface area (Å²) in [6, 6.07) is 4.94. The molecule has 2 amide bonds. The van der Waals surface area contributed by atoms with Crippen molar-refractivity contribution in [3.63, 3.8) is 0 Å². The van der Waals surface area contributed by atoms with Gasteiger partial charge in [-0.05, 0) is 37.5 Å². The van der Waals surface area contributed by atoms with Gasteiger partial charge >= 0.3 is 0 Å². The molecule has 1 saturated heterocycles. The van der Waals surface area contributed by atoms with Crippen LogP contribution in [0.5, 0.6) is 0 Å². The molecular formula is C14H20N4O2. The molecule has 1 aromatic rings. The number of rotatable bonds is 3. The number of carbonyl (C=O) groups excluding carboxylic acids is 2. The molecule has 20 heavy (non-hydrogen) atoms. The minimum absolute atomic E-state index is 0.0119. The molecule has 0 spiro atoms. The molecule has 1 heterocycles. The fraction of sp³-hybridized carbons (Fsp3) is 0.429. The first-order valence-corrected chi connectivity index (χ1v) is 6.72. The van der Waals surface area contributed by atoms with Gasteiger partial charge < -0.3 is 21.7 Å². The van der Waals surface area contributed by atoms with Gasteiger partial charge in [0.1, 0.15) is 6.04 Å². The Labute approximate surface area is 118 Å². The number of amides is 2. The Kier molecular flexibility index (Phi) is 4.12. The van der Waals surface area contributed by atoms with Crippen molar-refractivity contribution in [2.45, 2.75) is 25.3 Å². The number of carbonyl (C=O) groups is 2. The monoisotopic (exact) mass is 276 g/mol. The van der Waals surface area contributed by atoms with Crippen LogP contribution >= 0.6 is 0 Å². The second kappa shape index (κ2) is 5.81. The van der Waals surface area contributed by atoms with Crippen molar-refractivity contribution in [3.8, 4) is 0 Å². The van der Waals surface area contributed by atoms with Gasteiger partial charge in [-0.1, -0.05) is 0 Å². The summed E-state index contributed by atoms with van der Waals surface area (Å²) in [6.45, 7) is 0.778. The van der Waals surface area contributed by atoms with E-state index in [1.165, 1.54) is 0 Å². The molecule has 1 aliphatic heterocycles. The van der Waals surface area contributed by atoms with Crippen LogP contribution in [0, 0.1) is 0 Å². The van der Waals surface area contributed by atoms with E-state index in [9.17, 15) is 9.59 Å². The van der Waals surface area contributed by atoms with Crippen LogP contribution in [-0.4, -0.2) is 31.4 Å². The van der Waals surface area contributed by atoms with Gasteiger partial charge in [-0.2, -0.15) is 0 Å². The Morgan fingerprint density at radius 3 is 2.75 bits per heavy atom. The summed E-state index contributed by atoms with van der Waals surface area (Å²) in [4.78, 5) is 25.3. The highest BCUT2D eigenvalue weighted by Gasteiger charge is 2.28. The van der Waals surface area contributed by atoms with Gasteiger partial charge in [0, 0.05) is 25.0 Å². The molecule has 0 saturated carbocycles. The van der Waals surface area contributed by atoms with Crippen LogP contribution in [0.2, 0.25) is 0 Å². The molecule has 0 radical (unpaired) electrons. The molecule has 1 unspecified atom stereocenters. The first-order chi connectivity index (χ1) is 9.54. The zero-order valence-corrected chi connectivity index (χ0v) is 11.6. The van der Waals surface area contributed by atoms with Crippen molar-refractivity contribution in [2.24, 2.45) is 5.73 Å². The number of anilines is 2. The molecule has 108 valence electrons. The average Bonchev–Trinajstić information content (AvgIpc) is 2.46. The summed E-state index contributed by atoms with van der Waals surface area (Å²) >= 11 is 0. The molecule has 1 aromatic carbocycles. The van der Waals surface area contributed by atoms with Crippen LogP contribution in [0.15, 0.2) is 18.2 Å². The van der Waals surface area contributed by atoms with Crippen molar-refractivity contribution in [1.82, 2.24) is 5.32 Å². The maximum absolute atomic E-state index is 12.0. The lowest BCUT2D eigenvalue weighted by atomic mass is 9.99. The van der Waals surface area contributed by atoms with E-state index >= 15 is 0 Å². The molecule has 1 atom stereocenters. The molecule has 0 bridgehead atoms. The summed E-state index contributed by atoms with van der Waals surface area (Å²) in [5, 5.41) is 2.69. The topological polar surface area (TPSA) is 101 Å². The maximum Gasteiger partial charge on any atom is 0.250 e. The van der Waals surface area contributed by atoms with Crippen molar-refractivity contribution >= 4 is 23.2 Å². The van der Waals surface area contributed by atoms with E-state index in [0.717, 1.165) is 31.5 Å². The van der Waals surface area contributed by atoms with Crippen LogP contribution in [-0.2, 0) is 4.79 Å². The number of likely N-dealkylation sites (N-methyl/N-ethyl adjacent to an activating group) is 1. The zero-order chi connectivity index (χ0) is 14.7. The van der Waals surface area contributed by atoms with E-state index in [1.807, 2.05) is 11.0 Å². The molecule has 1 fully saturated rings. The fourth-order valence-electron chi connectivity index (χ4n) is 2.62. The fourth-order valence-corrected chi connectivity index (χ4v) is 2.62. The number of nitrogens with zero attached hydrogens (tertiary/aromatic N) is 1. The van der Waals surface area contributed by atoms with Gasteiger partial charge in [-0.15, -0.1) is 0 Å². The van der Waals surface area contributed by atoms with Gasteiger partial charge in [0.2, 0.25) is 5.91 Å². The maximum atomic E-state index is 12.0. The third-order valence-corrected chi connectivity index (χ3v) is 3.69. The summed E-state index contributed by atoms with van der Waals surface area (Å²) < 4.78 is 0. The number of nitrogens with one attached hydrogen (secondary N) is 1. The standard InChI is InChI=1S/C14H20N4O2/c1-17-14(20)12-4-2-3-7-18(12)9-5-6-11(15)10(8-9)13(16)19/h5-6,8,12H,2-4,7,15H2,1H3,(H2,16,19)(H,17,20). The number of primary amides is 1. The molecule has 6 heteroatoms. The first-order valence-electron chi connectivity index (χ1n) is 6.72. The Hall–Kier alpha value is -2.24. The molecule has 6 nitrogen and oxygen atoms in total. The Morgan fingerprint density at radius 1 is 1.35 bits per heavy atom. The van der Waals surface area contributed by atoms with Crippen LogP contribution in [0.25, 0.3) is 0 Å². The molecule has 0 aromatic heterocycles. The highest BCUT2D eigenvalue weighted by molar-refractivity contribution is 5.99. The second-order valence-corrected chi connectivity index (χ2v) is 4.96. The van der Waals surface area contributed by atoms with Gasteiger partial charge in [-0.3, -0.25) is 9.59 Å². The lowest BCUT2D eigenvalue weighted by molar-refractivity contribution is -0.122. The summed E-state index contributed by atoms with van der Waals surface area (Å²) in [6.07, 6.45) is 2.84. The quantitative estimate of drug-likeness (QED) is 0.698. The number of piperidine rings is 1. The Bertz CT molecular complexity index is 530. The highest BCUT2D eigenvalue weighted by atomic mass is 16.2. The molecular weight excluding hydrogens is 256 g/mol. The minimum atomic E-state index is -0.558.